The van der Waals surface area contributed by atoms with Crippen LogP contribution in [0.1, 0.15) is 43.1 Å². The molecule has 128 valence electrons. The van der Waals surface area contributed by atoms with Crippen molar-refractivity contribution >= 4 is 14.1 Å². The number of hydrogen-bond donors (Lipinski definition) is 0. The number of carbonyl (C=O) groups is 1. The minimum absolute atomic E-state index is 0.153. The molecule has 0 N–H and O–H groups in total. The molecule has 0 spiro atoms. The molecule has 0 atom stereocenters. The summed E-state index contributed by atoms with van der Waals surface area (Å²) in [6.07, 6.45) is 1.21. The Morgan fingerprint density at radius 2 is 1.54 bits per heavy atom. The number of benzene rings is 2. The Morgan fingerprint density at radius 1 is 0.958 bits per heavy atom. The van der Waals surface area contributed by atoms with E-state index in [0.717, 1.165) is 16.9 Å². The molecule has 0 bridgehead atoms. The van der Waals surface area contributed by atoms with E-state index in [9.17, 15) is 4.79 Å². The van der Waals surface area contributed by atoms with Crippen molar-refractivity contribution in [2.45, 2.75) is 51.7 Å². The van der Waals surface area contributed by atoms with Gasteiger partial charge in [0.1, 0.15) is 5.75 Å². The van der Waals surface area contributed by atoms with E-state index in [-0.39, 0.29) is 10.8 Å². The topological polar surface area (TPSA) is 26.3 Å². The number of Topliss-reactive ketones (excluding diaryl/α,β-unsaturated/α-hetero) is 1. The third kappa shape index (κ3) is 4.57. The Kier molecular flexibility index (Phi) is 5.65. The quantitative estimate of drug-likeness (QED) is 0.484. The highest BCUT2D eigenvalue weighted by atomic mass is 28.4. The average molecular weight is 341 g/mol. The number of carbonyl (C=O) groups excluding carboxylic acids is 1. The highest BCUT2D eigenvalue weighted by Crippen LogP contribution is 2.38. The maximum atomic E-state index is 12.3. The first kappa shape index (κ1) is 18.5. The van der Waals surface area contributed by atoms with Gasteiger partial charge in [0.15, 0.2) is 5.78 Å². The van der Waals surface area contributed by atoms with Crippen LogP contribution in [-0.4, -0.2) is 14.1 Å². The molecule has 3 heteroatoms. The zero-order valence-corrected chi connectivity index (χ0v) is 16.4. The number of aryl methyl sites for hydroxylation is 1. The average Bonchev–Trinajstić information content (AvgIpc) is 2.53. The summed E-state index contributed by atoms with van der Waals surface area (Å²) in [7, 11) is -1.88. The van der Waals surface area contributed by atoms with E-state index < -0.39 is 8.32 Å². The van der Waals surface area contributed by atoms with Crippen LogP contribution in [-0.2, 0) is 6.42 Å². The standard InChI is InChI=1S/C21H28O2Si/c1-21(2,3)24(4,5)23-20-14-10-9-13-18(20)15-16-19(22)17-11-7-6-8-12-17/h6-14H,15-16H2,1-5H3. The molecule has 0 fully saturated rings. The molecule has 2 aromatic carbocycles. The molecule has 0 heterocycles. The van der Waals surface area contributed by atoms with Gasteiger partial charge in [-0.15, -0.1) is 0 Å². The van der Waals surface area contributed by atoms with E-state index in [0.29, 0.717) is 12.8 Å². The Morgan fingerprint density at radius 3 is 2.17 bits per heavy atom. The van der Waals surface area contributed by atoms with Crippen LogP contribution < -0.4 is 4.43 Å². The molecule has 0 saturated heterocycles. The molecular weight excluding hydrogens is 312 g/mol. The molecule has 2 rings (SSSR count). The lowest BCUT2D eigenvalue weighted by atomic mass is 10.0. The van der Waals surface area contributed by atoms with Crippen molar-refractivity contribution in [1.29, 1.82) is 0 Å². The lowest BCUT2D eigenvalue weighted by molar-refractivity contribution is 0.0983. The Bertz CT molecular complexity index is 684. The smallest absolute Gasteiger partial charge is 0.250 e. The maximum Gasteiger partial charge on any atom is 0.250 e. The Balaban J connectivity index is 2.11. The van der Waals surface area contributed by atoms with E-state index >= 15 is 0 Å². The van der Waals surface area contributed by atoms with Gasteiger partial charge in [0.05, 0.1) is 0 Å². The lowest BCUT2D eigenvalue weighted by Crippen LogP contribution is -2.44. The van der Waals surface area contributed by atoms with Crippen LogP contribution in [0.2, 0.25) is 18.1 Å². The summed E-state index contributed by atoms with van der Waals surface area (Å²) < 4.78 is 6.46. The van der Waals surface area contributed by atoms with Crippen molar-refractivity contribution < 1.29 is 9.22 Å². The summed E-state index contributed by atoms with van der Waals surface area (Å²) >= 11 is 0. The first-order chi connectivity index (χ1) is 11.2. The highest BCUT2D eigenvalue weighted by molar-refractivity contribution is 6.74. The number of para-hydroxylation sites is 1. The molecule has 0 aromatic heterocycles. The fourth-order valence-electron chi connectivity index (χ4n) is 2.25. The number of hydrogen-bond acceptors (Lipinski definition) is 2. The second kappa shape index (κ2) is 7.35. The van der Waals surface area contributed by atoms with Gasteiger partial charge in [-0.05, 0) is 36.2 Å². The van der Waals surface area contributed by atoms with Crippen LogP contribution in [0.15, 0.2) is 54.6 Å². The van der Waals surface area contributed by atoms with Gasteiger partial charge in [-0.25, -0.2) is 0 Å². The molecule has 2 nitrogen and oxygen atoms in total. The molecule has 0 aliphatic heterocycles. The second-order valence-corrected chi connectivity index (χ2v) is 12.5. The monoisotopic (exact) mass is 340 g/mol. The van der Waals surface area contributed by atoms with Gasteiger partial charge in [0.2, 0.25) is 8.32 Å². The van der Waals surface area contributed by atoms with Gasteiger partial charge in [0, 0.05) is 12.0 Å². The Hall–Kier alpha value is -1.87. The van der Waals surface area contributed by atoms with Crippen molar-refractivity contribution in [3.63, 3.8) is 0 Å². The minimum atomic E-state index is -1.88. The SMILES string of the molecule is CC(C)(C)[Si](C)(C)Oc1ccccc1CCC(=O)c1ccccc1. The zero-order valence-electron chi connectivity index (χ0n) is 15.4. The van der Waals surface area contributed by atoms with Crippen molar-refractivity contribution in [2.75, 3.05) is 0 Å². The van der Waals surface area contributed by atoms with Crippen LogP contribution >= 0.6 is 0 Å². The van der Waals surface area contributed by atoms with Crippen LogP contribution in [0.5, 0.6) is 5.75 Å². The van der Waals surface area contributed by atoms with Crippen molar-refractivity contribution in [1.82, 2.24) is 0 Å². The first-order valence-electron chi connectivity index (χ1n) is 8.56. The first-order valence-corrected chi connectivity index (χ1v) is 11.5. The van der Waals surface area contributed by atoms with Crippen LogP contribution in [0.3, 0.4) is 0 Å². The van der Waals surface area contributed by atoms with E-state index in [1.54, 1.807) is 0 Å². The molecule has 0 radical (unpaired) electrons. The van der Waals surface area contributed by atoms with Gasteiger partial charge in [-0.1, -0.05) is 69.3 Å². The number of ketones is 1. The summed E-state index contributed by atoms with van der Waals surface area (Å²) in [6, 6.07) is 17.6. The predicted molar refractivity (Wildman–Crippen MR) is 103 cm³/mol. The van der Waals surface area contributed by atoms with Crippen LogP contribution in [0.4, 0.5) is 0 Å². The van der Waals surface area contributed by atoms with Gasteiger partial charge < -0.3 is 4.43 Å². The minimum Gasteiger partial charge on any atom is -0.543 e. The largest absolute Gasteiger partial charge is 0.543 e. The molecule has 0 amide bonds. The molecule has 0 aliphatic rings. The molecular formula is C21H28O2Si. The van der Waals surface area contributed by atoms with E-state index in [2.05, 4.69) is 39.9 Å². The molecule has 24 heavy (non-hydrogen) atoms. The summed E-state index contributed by atoms with van der Waals surface area (Å²) in [5, 5.41) is 0.153. The third-order valence-corrected chi connectivity index (χ3v) is 9.20. The number of rotatable bonds is 6. The maximum absolute atomic E-state index is 12.3. The summed E-state index contributed by atoms with van der Waals surface area (Å²) in [5.74, 6) is 1.11. The molecule has 2 aromatic rings. The highest BCUT2D eigenvalue weighted by Gasteiger charge is 2.39. The fourth-order valence-corrected chi connectivity index (χ4v) is 3.31. The molecule has 0 saturated carbocycles. The normalized spacial score (nSPS) is 12.0. The predicted octanol–water partition coefficient (Wildman–Crippen LogP) is 5.89. The van der Waals surface area contributed by atoms with Crippen LogP contribution in [0.25, 0.3) is 0 Å². The van der Waals surface area contributed by atoms with Crippen molar-refractivity contribution in [3.05, 3.63) is 65.7 Å². The van der Waals surface area contributed by atoms with Gasteiger partial charge in [-0.3, -0.25) is 4.79 Å². The second-order valence-electron chi connectivity index (χ2n) is 7.76. The summed E-state index contributed by atoms with van der Waals surface area (Å²) in [6.45, 7) is 11.2. The van der Waals surface area contributed by atoms with E-state index in [1.165, 1.54) is 0 Å². The summed E-state index contributed by atoms with van der Waals surface area (Å²) in [5.41, 5.74) is 1.90. The summed E-state index contributed by atoms with van der Waals surface area (Å²) in [4.78, 5) is 12.3. The fraction of sp³-hybridized carbons (Fsp3) is 0.381. The van der Waals surface area contributed by atoms with Gasteiger partial charge in [0.25, 0.3) is 0 Å². The van der Waals surface area contributed by atoms with Crippen LogP contribution in [0, 0.1) is 0 Å². The molecule has 0 aliphatic carbocycles. The molecule has 0 unspecified atom stereocenters. The lowest BCUT2D eigenvalue weighted by Gasteiger charge is -2.37. The van der Waals surface area contributed by atoms with Gasteiger partial charge in [-0.2, -0.15) is 0 Å². The Labute approximate surface area is 147 Å². The zero-order chi connectivity index (χ0) is 17.8. The van der Waals surface area contributed by atoms with E-state index in [4.69, 9.17) is 4.43 Å². The van der Waals surface area contributed by atoms with Crippen molar-refractivity contribution in [2.24, 2.45) is 0 Å². The van der Waals surface area contributed by atoms with Crippen molar-refractivity contribution in [3.8, 4) is 5.75 Å². The third-order valence-electron chi connectivity index (χ3n) is 4.86. The van der Waals surface area contributed by atoms with Gasteiger partial charge >= 0.3 is 0 Å². The van der Waals surface area contributed by atoms with E-state index in [1.807, 2.05) is 48.5 Å².